The molecule has 0 bridgehead atoms. The Kier molecular flexibility index (Phi) is 7.68. The highest BCUT2D eigenvalue weighted by molar-refractivity contribution is 5.89. The molecule has 2 unspecified atom stereocenters. The maximum absolute atomic E-state index is 12.4. The molecular weight excluding hydrogens is 366 g/mol. The van der Waals surface area contributed by atoms with Crippen LogP contribution in [0.3, 0.4) is 0 Å². The molecule has 0 amide bonds. The van der Waals surface area contributed by atoms with E-state index in [4.69, 9.17) is 9.47 Å². The molecule has 1 N–H and O–H groups in total. The van der Waals surface area contributed by atoms with Gasteiger partial charge in [0.1, 0.15) is 5.60 Å². The Labute approximate surface area is 175 Å². The molecule has 2 aliphatic rings. The fraction of sp³-hybridized carbons (Fsp3) is 0.696. The van der Waals surface area contributed by atoms with E-state index < -0.39 is 5.60 Å². The molecule has 2 saturated heterocycles. The summed E-state index contributed by atoms with van der Waals surface area (Å²) in [6.45, 7) is 8.35. The molecule has 1 aromatic carbocycles. The normalized spacial score (nSPS) is 24.6. The van der Waals surface area contributed by atoms with Crippen LogP contribution in [0.15, 0.2) is 30.3 Å². The van der Waals surface area contributed by atoms with Crippen LogP contribution >= 0.6 is 0 Å². The third kappa shape index (κ3) is 6.25. The highest BCUT2D eigenvalue weighted by atomic mass is 16.6. The summed E-state index contributed by atoms with van der Waals surface area (Å²) in [6.07, 6.45) is 3.40. The number of nitrogens with one attached hydrogen (secondary N) is 1. The Bertz CT molecular complexity index is 642. The highest BCUT2D eigenvalue weighted by Crippen LogP contribution is 2.22. The van der Waals surface area contributed by atoms with Gasteiger partial charge in [-0.2, -0.15) is 0 Å². The van der Waals surface area contributed by atoms with Gasteiger partial charge in [-0.1, -0.05) is 18.2 Å². The lowest BCUT2D eigenvalue weighted by atomic mass is 9.96. The second kappa shape index (κ2) is 10.0. The van der Waals surface area contributed by atoms with Crippen LogP contribution in [0.1, 0.15) is 43.5 Å². The molecule has 1 aromatic rings. The molecule has 0 saturated carbocycles. The Hall–Kier alpha value is -1.47. The summed E-state index contributed by atoms with van der Waals surface area (Å²) in [6, 6.07) is 10.6. The number of benzene rings is 1. The van der Waals surface area contributed by atoms with Crippen molar-refractivity contribution in [2.75, 3.05) is 46.9 Å². The second-order valence-electron chi connectivity index (χ2n) is 9.16. The molecule has 0 radical (unpaired) electrons. The first kappa shape index (κ1) is 22.2. The number of likely N-dealkylation sites (tertiary alicyclic amines) is 1. The van der Waals surface area contributed by atoms with Crippen molar-refractivity contribution in [2.45, 2.75) is 56.8 Å². The molecule has 0 aromatic heterocycles. The van der Waals surface area contributed by atoms with Crippen LogP contribution in [0.25, 0.3) is 0 Å². The van der Waals surface area contributed by atoms with Gasteiger partial charge >= 0.3 is 5.97 Å². The van der Waals surface area contributed by atoms with E-state index >= 15 is 0 Å². The lowest BCUT2D eigenvalue weighted by molar-refractivity contribution is -0.0285. The second-order valence-corrected chi connectivity index (χ2v) is 9.16. The smallest absolute Gasteiger partial charge is 0.338 e. The van der Waals surface area contributed by atoms with Crippen molar-refractivity contribution in [3.05, 3.63) is 35.9 Å². The van der Waals surface area contributed by atoms with Gasteiger partial charge in [-0.05, 0) is 59.3 Å². The van der Waals surface area contributed by atoms with Gasteiger partial charge in [0.25, 0.3) is 0 Å². The van der Waals surface area contributed by atoms with Crippen LogP contribution in [0, 0.1) is 0 Å². The van der Waals surface area contributed by atoms with Crippen LogP contribution in [-0.4, -0.2) is 86.4 Å². The molecule has 6 heteroatoms. The lowest BCUT2D eigenvalue weighted by Crippen LogP contribution is -2.59. The SMILES string of the molecule is CN(C)C1CCN(C2COCCC2NCC(C)(C)OC(=O)c2ccccc2)CC1. The fourth-order valence-corrected chi connectivity index (χ4v) is 4.35. The largest absolute Gasteiger partial charge is 0.455 e. The number of nitrogens with zero attached hydrogens (tertiary/aromatic N) is 2. The van der Waals surface area contributed by atoms with Gasteiger partial charge in [0, 0.05) is 44.4 Å². The summed E-state index contributed by atoms with van der Waals surface area (Å²) in [4.78, 5) is 17.4. The van der Waals surface area contributed by atoms with Gasteiger partial charge in [0.2, 0.25) is 0 Å². The van der Waals surface area contributed by atoms with E-state index in [9.17, 15) is 4.79 Å². The zero-order chi connectivity index (χ0) is 20.9. The van der Waals surface area contributed by atoms with Crippen LogP contribution in [0.5, 0.6) is 0 Å². The quantitative estimate of drug-likeness (QED) is 0.706. The number of rotatable bonds is 7. The summed E-state index contributed by atoms with van der Waals surface area (Å²) in [5.41, 5.74) is 0.0153. The molecule has 3 rings (SSSR count). The first-order valence-electron chi connectivity index (χ1n) is 10.9. The average Bonchev–Trinajstić information content (AvgIpc) is 2.73. The third-order valence-electron chi connectivity index (χ3n) is 6.19. The summed E-state index contributed by atoms with van der Waals surface area (Å²) in [7, 11) is 4.35. The van der Waals surface area contributed by atoms with E-state index in [0.29, 0.717) is 30.2 Å². The van der Waals surface area contributed by atoms with E-state index in [1.807, 2.05) is 32.0 Å². The van der Waals surface area contributed by atoms with E-state index in [-0.39, 0.29) is 5.97 Å². The third-order valence-corrected chi connectivity index (χ3v) is 6.19. The highest BCUT2D eigenvalue weighted by Gasteiger charge is 2.35. The van der Waals surface area contributed by atoms with Gasteiger partial charge in [0.15, 0.2) is 0 Å². The van der Waals surface area contributed by atoms with Crippen LogP contribution in [0.2, 0.25) is 0 Å². The van der Waals surface area contributed by atoms with Gasteiger partial charge in [-0.25, -0.2) is 4.79 Å². The van der Waals surface area contributed by atoms with Crippen LogP contribution in [0.4, 0.5) is 0 Å². The van der Waals surface area contributed by atoms with Crippen molar-refractivity contribution < 1.29 is 14.3 Å². The number of piperidine rings is 1. The Balaban J connectivity index is 1.53. The Morgan fingerprint density at radius 3 is 2.55 bits per heavy atom. The average molecular weight is 404 g/mol. The topological polar surface area (TPSA) is 54.0 Å². The molecule has 0 aliphatic carbocycles. The summed E-state index contributed by atoms with van der Waals surface area (Å²) >= 11 is 0. The molecule has 2 fully saturated rings. The number of carbonyl (C=O) groups is 1. The van der Waals surface area contributed by atoms with Gasteiger partial charge < -0.3 is 19.7 Å². The van der Waals surface area contributed by atoms with Gasteiger partial charge in [-0.3, -0.25) is 4.90 Å². The zero-order valence-corrected chi connectivity index (χ0v) is 18.4. The van der Waals surface area contributed by atoms with Crippen molar-refractivity contribution in [3.8, 4) is 0 Å². The molecule has 2 aliphatic heterocycles. The number of hydrogen-bond donors (Lipinski definition) is 1. The monoisotopic (exact) mass is 403 g/mol. The van der Waals surface area contributed by atoms with Crippen LogP contribution < -0.4 is 5.32 Å². The maximum atomic E-state index is 12.4. The minimum Gasteiger partial charge on any atom is -0.455 e. The first-order chi connectivity index (χ1) is 13.9. The van der Waals surface area contributed by atoms with E-state index in [1.54, 1.807) is 12.1 Å². The molecule has 0 spiro atoms. The number of hydrogen-bond acceptors (Lipinski definition) is 6. The van der Waals surface area contributed by atoms with Crippen molar-refractivity contribution >= 4 is 5.97 Å². The van der Waals surface area contributed by atoms with E-state index in [0.717, 1.165) is 32.7 Å². The molecular formula is C23H37N3O3. The molecule has 2 heterocycles. The van der Waals surface area contributed by atoms with Crippen LogP contribution in [-0.2, 0) is 9.47 Å². The zero-order valence-electron chi connectivity index (χ0n) is 18.4. The lowest BCUT2D eigenvalue weighted by Gasteiger charge is -2.44. The molecule has 2 atom stereocenters. The van der Waals surface area contributed by atoms with Gasteiger partial charge in [0.05, 0.1) is 12.2 Å². The minimum absolute atomic E-state index is 0.272. The summed E-state index contributed by atoms with van der Waals surface area (Å²) in [5, 5.41) is 3.69. The summed E-state index contributed by atoms with van der Waals surface area (Å²) in [5.74, 6) is -0.272. The Morgan fingerprint density at radius 1 is 1.21 bits per heavy atom. The Morgan fingerprint density at radius 2 is 1.90 bits per heavy atom. The molecule has 6 nitrogen and oxygen atoms in total. The van der Waals surface area contributed by atoms with Crippen molar-refractivity contribution in [3.63, 3.8) is 0 Å². The van der Waals surface area contributed by atoms with E-state index in [2.05, 4.69) is 29.2 Å². The molecule has 162 valence electrons. The molecule has 29 heavy (non-hydrogen) atoms. The minimum atomic E-state index is -0.576. The van der Waals surface area contributed by atoms with E-state index in [1.165, 1.54) is 12.8 Å². The van der Waals surface area contributed by atoms with Gasteiger partial charge in [-0.15, -0.1) is 0 Å². The predicted molar refractivity (Wildman–Crippen MR) is 115 cm³/mol. The predicted octanol–water partition coefficient (Wildman–Crippen LogP) is 2.40. The van der Waals surface area contributed by atoms with Crippen molar-refractivity contribution in [2.24, 2.45) is 0 Å². The number of ether oxygens (including phenoxy) is 2. The van der Waals surface area contributed by atoms with Crippen molar-refractivity contribution in [1.29, 1.82) is 0 Å². The maximum Gasteiger partial charge on any atom is 0.338 e. The standard InChI is InChI=1S/C23H37N3O3/c1-23(2,29-22(27)18-8-6-5-7-9-18)17-24-20-12-15-28-16-21(20)26-13-10-19(11-14-26)25(3)4/h5-9,19-21,24H,10-17H2,1-4H3. The number of esters is 1. The van der Waals surface area contributed by atoms with Crippen molar-refractivity contribution in [1.82, 2.24) is 15.1 Å². The first-order valence-corrected chi connectivity index (χ1v) is 10.9. The fourth-order valence-electron chi connectivity index (χ4n) is 4.35. The summed E-state index contributed by atoms with van der Waals surface area (Å²) < 4.78 is 11.6. The number of carbonyl (C=O) groups excluding carboxylic acids is 1.